The van der Waals surface area contributed by atoms with Gasteiger partial charge in [0.1, 0.15) is 5.82 Å². The highest BCUT2D eigenvalue weighted by Gasteiger charge is 2.13. The summed E-state index contributed by atoms with van der Waals surface area (Å²) in [5, 5.41) is 0. The highest BCUT2D eigenvalue weighted by Crippen LogP contribution is 2.07. The fourth-order valence-corrected chi connectivity index (χ4v) is 1.46. The molecule has 0 unspecified atom stereocenters. The van der Waals surface area contributed by atoms with Gasteiger partial charge in [-0.15, -0.1) is 0 Å². The van der Waals surface area contributed by atoms with Crippen LogP contribution in [0.4, 0.5) is 4.39 Å². The maximum Gasteiger partial charge on any atom is 0.253 e. The van der Waals surface area contributed by atoms with Crippen molar-refractivity contribution in [3.05, 3.63) is 35.6 Å². The van der Waals surface area contributed by atoms with Gasteiger partial charge in [0.15, 0.2) is 0 Å². The number of hydrogen-bond acceptors (Lipinski definition) is 2. The van der Waals surface area contributed by atoms with Crippen LogP contribution in [0.3, 0.4) is 0 Å². The Morgan fingerprint density at radius 2 is 2.00 bits per heavy atom. The van der Waals surface area contributed by atoms with Crippen LogP contribution in [-0.4, -0.2) is 30.4 Å². The molecule has 0 saturated heterocycles. The number of halogens is 1. The second kappa shape index (κ2) is 6.23. The molecule has 4 heteroatoms. The first-order valence-corrected chi connectivity index (χ1v) is 5.44. The minimum Gasteiger partial charge on any atom is -0.339 e. The Kier molecular flexibility index (Phi) is 4.92. The van der Waals surface area contributed by atoms with E-state index in [0.717, 1.165) is 6.42 Å². The lowest BCUT2D eigenvalue weighted by Gasteiger charge is -2.20. The van der Waals surface area contributed by atoms with Crippen molar-refractivity contribution in [3.8, 4) is 0 Å². The van der Waals surface area contributed by atoms with E-state index in [1.807, 2.05) is 6.92 Å². The first kappa shape index (κ1) is 12.6. The molecule has 16 heavy (non-hydrogen) atoms. The number of carbonyl (C=O) groups excluding carboxylic acids is 1. The van der Waals surface area contributed by atoms with Gasteiger partial charge in [-0.1, -0.05) is 0 Å². The summed E-state index contributed by atoms with van der Waals surface area (Å²) >= 11 is 0. The topological polar surface area (TPSA) is 46.3 Å². The third-order valence-corrected chi connectivity index (χ3v) is 2.39. The molecule has 0 spiro atoms. The molecule has 0 heterocycles. The van der Waals surface area contributed by atoms with Gasteiger partial charge in [-0.05, 0) is 44.2 Å². The van der Waals surface area contributed by atoms with Crippen molar-refractivity contribution in [2.75, 3.05) is 19.6 Å². The molecular weight excluding hydrogens is 207 g/mol. The van der Waals surface area contributed by atoms with Gasteiger partial charge in [0, 0.05) is 18.7 Å². The molecule has 0 bridgehead atoms. The SMILES string of the molecule is CCN(CCCN)C(=O)c1ccc(F)cc1. The maximum atomic E-state index is 12.7. The zero-order chi connectivity index (χ0) is 12.0. The average Bonchev–Trinajstić information content (AvgIpc) is 2.30. The third kappa shape index (κ3) is 3.31. The maximum absolute atomic E-state index is 12.7. The van der Waals surface area contributed by atoms with Crippen LogP contribution in [-0.2, 0) is 0 Å². The van der Waals surface area contributed by atoms with E-state index >= 15 is 0 Å². The van der Waals surface area contributed by atoms with Crippen molar-refractivity contribution in [3.63, 3.8) is 0 Å². The van der Waals surface area contributed by atoms with Gasteiger partial charge in [-0.25, -0.2) is 4.39 Å². The van der Waals surface area contributed by atoms with Crippen molar-refractivity contribution in [2.24, 2.45) is 5.73 Å². The van der Waals surface area contributed by atoms with Gasteiger partial charge >= 0.3 is 0 Å². The molecule has 0 aliphatic rings. The Bertz CT molecular complexity index is 337. The zero-order valence-corrected chi connectivity index (χ0v) is 9.45. The van der Waals surface area contributed by atoms with Crippen LogP contribution in [0.1, 0.15) is 23.7 Å². The Morgan fingerprint density at radius 1 is 1.38 bits per heavy atom. The van der Waals surface area contributed by atoms with E-state index in [2.05, 4.69) is 0 Å². The van der Waals surface area contributed by atoms with Gasteiger partial charge < -0.3 is 10.6 Å². The zero-order valence-electron chi connectivity index (χ0n) is 9.45. The Morgan fingerprint density at radius 3 is 2.50 bits per heavy atom. The molecule has 0 radical (unpaired) electrons. The molecule has 0 atom stereocenters. The first-order chi connectivity index (χ1) is 7.69. The molecule has 1 amide bonds. The fraction of sp³-hybridized carbons (Fsp3) is 0.417. The molecule has 1 aromatic rings. The van der Waals surface area contributed by atoms with Crippen molar-refractivity contribution >= 4 is 5.91 Å². The number of carbonyl (C=O) groups is 1. The number of amides is 1. The van der Waals surface area contributed by atoms with Crippen LogP contribution in [0.2, 0.25) is 0 Å². The van der Waals surface area contributed by atoms with Crippen molar-refractivity contribution in [1.29, 1.82) is 0 Å². The summed E-state index contributed by atoms with van der Waals surface area (Å²) in [5.74, 6) is -0.405. The summed E-state index contributed by atoms with van der Waals surface area (Å²) in [4.78, 5) is 13.7. The molecule has 0 aliphatic heterocycles. The van der Waals surface area contributed by atoms with Gasteiger partial charge in [-0.2, -0.15) is 0 Å². The van der Waals surface area contributed by atoms with E-state index in [-0.39, 0.29) is 11.7 Å². The molecule has 0 fully saturated rings. The number of benzene rings is 1. The smallest absolute Gasteiger partial charge is 0.253 e. The molecule has 0 aromatic heterocycles. The number of nitrogens with two attached hydrogens (primary N) is 1. The van der Waals surface area contributed by atoms with E-state index in [4.69, 9.17) is 5.73 Å². The van der Waals surface area contributed by atoms with Gasteiger partial charge in [0.05, 0.1) is 0 Å². The van der Waals surface area contributed by atoms with Gasteiger partial charge in [0.2, 0.25) is 0 Å². The minimum absolute atomic E-state index is 0.0732. The van der Waals surface area contributed by atoms with Crippen LogP contribution in [0.25, 0.3) is 0 Å². The van der Waals surface area contributed by atoms with Gasteiger partial charge in [0.25, 0.3) is 5.91 Å². The summed E-state index contributed by atoms with van der Waals surface area (Å²) in [6.07, 6.45) is 0.779. The third-order valence-electron chi connectivity index (χ3n) is 2.39. The van der Waals surface area contributed by atoms with E-state index in [1.165, 1.54) is 24.3 Å². The monoisotopic (exact) mass is 224 g/mol. The molecule has 1 aromatic carbocycles. The standard InChI is InChI=1S/C12H17FN2O/c1-2-15(9-3-8-14)12(16)10-4-6-11(13)7-5-10/h4-7H,2-3,8-9,14H2,1H3. The summed E-state index contributed by atoms with van der Waals surface area (Å²) in [6.45, 7) is 3.75. The number of nitrogens with zero attached hydrogens (tertiary/aromatic N) is 1. The lowest BCUT2D eigenvalue weighted by molar-refractivity contribution is 0.0763. The Balaban J connectivity index is 2.70. The van der Waals surface area contributed by atoms with E-state index < -0.39 is 0 Å². The number of hydrogen-bond donors (Lipinski definition) is 1. The summed E-state index contributed by atoms with van der Waals surface area (Å²) in [6, 6.07) is 5.60. The fourth-order valence-electron chi connectivity index (χ4n) is 1.46. The van der Waals surface area contributed by atoms with E-state index in [1.54, 1.807) is 4.90 Å². The summed E-state index contributed by atoms with van der Waals surface area (Å²) in [7, 11) is 0. The summed E-state index contributed by atoms with van der Waals surface area (Å²) in [5.41, 5.74) is 5.92. The molecule has 88 valence electrons. The minimum atomic E-state index is -0.332. The van der Waals surface area contributed by atoms with Crippen LogP contribution in [0.15, 0.2) is 24.3 Å². The second-order valence-electron chi connectivity index (χ2n) is 3.53. The number of rotatable bonds is 5. The summed E-state index contributed by atoms with van der Waals surface area (Å²) < 4.78 is 12.7. The van der Waals surface area contributed by atoms with Crippen LogP contribution in [0, 0.1) is 5.82 Å². The van der Waals surface area contributed by atoms with Crippen molar-refractivity contribution in [2.45, 2.75) is 13.3 Å². The molecule has 3 nitrogen and oxygen atoms in total. The largest absolute Gasteiger partial charge is 0.339 e. The van der Waals surface area contributed by atoms with Crippen LogP contribution >= 0.6 is 0 Å². The van der Waals surface area contributed by atoms with Crippen molar-refractivity contribution in [1.82, 2.24) is 4.90 Å². The van der Waals surface area contributed by atoms with E-state index in [0.29, 0.717) is 25.2 Å². The highest BCUT2D eigenvalue weighted by atomic mass is 19.1. The Hall–Kier alpha value is -1.42. The van der Waals surface area contributed by atoms with Crippen LogP contribution in [0.5, 0.6) is 0 Å². The predicted molar refractivity (Wildman–Crippen MR) is 61.6 cm³/mol. The van der Waals surface area contributed by atoms with Crippen LogP contribution < -0.4 is 5.73 Å². The molecule has 2 N–H and O–H groups in total. The quantitative estimate of drug-likeness (QED) is 0.826. The second-order valence-corrected chi connectivity index (χ2v) is 3.53. The van der Waals surface area contributed by atoms with E-state index in [9.17, 15) is 9.18 Å². The normalized spacial score (nSPS) is 10.2. The highest BCUT2D eigenvalue weighted by molar-refractivity contribution is 5.94. The van der Waals surface area contributed by atoms with Gasteiger partial charge in [-0.3, -0.25) is 4.79 Å². The van der Waals surface area contributed by atoms with Crippen molar-refractivity contribution < 1.29 is 9.18 Å². The molecule has 0 aliphatic carbocycles. The molecule has 0 saturated carbocycles. The first-order valence-electron chi connectivity index (χ1n) is 5.44. The Labute approximate surface area is 95.0 Å². The lowest BCUT2D eigenvalue weighted by atomic mass is 10.2. The lowest BCUT2D eigenvalue weighted by Crippen LogP contribution is -2.32. The molecule has 1 rings (SSSR count). The predicted octanol–water partition coefficient (Wildman–Crippen LogP) is 1.64. The molecular formula is C12H17FN2O. The average molecular weight is 224 g/mol.